The van der Waals surface area contributed by atoms with Crippen LogP contribution >= 0.6 is 0 Å². The van der Waals surface area contributed by atoms with Gasteiger partial charge in [0.15, 0.2) is 0 Å². The number of rotatable bonds is 21. The maximum absolute atomic E-state index is 12.8. The summed E-state index contributed by atoms with van der Waals surface area (Å²) in [6, 6.07) is 0. The van der Waals surface area contributed by atoms with Gasteiger partial charge in [0.25, 0.3) is 0 Å². The fourth-order valence-electron chi connectivity index (χ4n) is 4.00. The number of carbonyl (C=O) groups excluding carboxylic acids is 2. The molecule has 2 amide bonds. The second-order valence-electron chi connectivity index (χ2n) is 8.80. The molecule has 0 aliphatic rings. The van der Waals surface area contributed by atoms with Crippen molar-refractivity contribution in [3.63, 3.8) is 0 Å². The summed E-state index contributed by atoms with van der Waals surface area (Å²) in [4.78, 5) is 25.0. The number of nitrogens with two attached hydrogens (primary N) is 1. The highest BCUT2D eigenvalue weighted by Gasteiger charge is 2.42. The normalized spacial score (nSPS) is 11.6. The van der Waals surface area contributed by atoms with Gasteiger partial charge in [0.05, 0.1) is 0 Å². The molecule has 0 rings (SSSR count). The van der Waals surface area contributed by atoms with Crippen molar-refractivity contribution in [1.82, 2.24) is 5.32 Å². The van der Waals surface area contributed by atoms with E-state index in [0.29, 0.717) is 19.4 Å². The SMILES string of the molecule is CCCCCCCCCCCCCCNC(=O)C(CCCC)(CCCC)C(N)=O. The molecule has 0 fully saturated rings. The predicted octanol–water partition coefficient (Wildman–Crippen LogP) is 6.66. The van der Waals surface area contributed by atoms with Gasteiger partial charge in [0.1, 0.15) is 5.41 Å². The van der Waals surface area contributed by atoms with Crippen LogP contribution in [-0.4, -0.2) is 18.4 Å². The van der Waals surface area contributed by atoms with Crippen molar-refractivity contribution < 1.29 is 9.59 Å². The Kier molecular flexibility index (Phi) is 18.2. The van der Waals surface area contributed by atoms with E-state index in [1.165, 1.54) is 64.2 Å². The second-order valence-corrected chi connectivity index (χ2v) is 8.80. The lowest BCUT2D eigenvalue weighted by molar-refractivity contribution is -0.143. The molecule has 0 saturated heterocycles. The molecule has 3 N–H and O–H groups in total. The van der Waals surface area contributed by atoms with Gasteiger partial charge in [-0.05, 0) is 19.3 Å². The smallest absolute Gasteiger partial charge is 0.235 e. The summed E-state index contributed by atoms with van der Waals surface area (Å²) in [6.45, 7) is 7.08. The summed E-state index contributed by atoms with van der Waals surface area (Å²) in [6.07, 6.45) is 20.4. The molecule has 0 spiro atoms. The number of primary amides is 1. The highest BCUT2D eigenvalue weighted by molar-refractivity contribution is 6.04. The Balaban J connectivity index is 3.96. The molecule has 0 aliphatic heterocycles. The third-order valence-corrected chi connectivity index (χ3v) is 6.14. The van der Waals surface area contributed by atoms with Crippen LogP contribution in [0.25, 0.3) is 0 Å². The minimum Gasteiger partial charge on any atom is -0.369 e. The first-order valence-corrected chi connectivity index (χ1v) is 12.6. The molecule has 172 valence electrons. The summed E-state index contributed by atoms with van der Waals surface area (Å²) in [7, 11) is 0. The highest BCUT2D eigenvalue weighted by atomic mass is 16.2. The number of hydrogen-bond acceptors (Lipinski definition) is 2. The molecule has 0 bridgehead atoms. The van der Waals surface area contributed by atoms with Crippen LogP contribution in [0.4, 0.5) is 0 Å². The Morgan fingerprint density at radius 3 is 1.38 bits per heavy atom. The Bertz CT molecular complexity index is 402. The lowest BCUT2D eigenvalue weighted by Crippen LogP contribution is -2.50. The Morgan fingerprint density at radius 1 is 0.621 bits per heavy atom. The molecule has 4 heteroatoms. The average molecular weight is 411 g/mol. The van der Waals surface area contributed by atoms with Gasteiger partial charge < -0.3 is 11.1 Å². The highest BCUT2D eigenvalue weighted by Crippen LogP contribution is 2.31. The Hall–Kier alpha value is -1.06. The van der Waals surface area contributed by atoms with E-state index in [-0.39, 0.29) is 5.91 Å². The zero-order valence-corrected chi connectivity index (χ0v) is 19.8. The number of unbranched alkanes of at least 4 members (excludes halogenated alkanes) is 13. The summed E-state index contributed by atoms with van der Waals surface area (Å²) in [5.41, 5.74) is 4.69. The first-order chi connectivity index (χ1) is 14.0. The lowest BCUT2D eigenvalue weighted by atomic mass is 9.76. The van der Waals surface area contributed by atoms with Gasteiger partial charge in [0.2, 0.25) is 11.8 Å². The van der Waals surface area contributed by atoms with Gasteiger partial charge in [0, 0.05) is 6.54 Å². The van der Waals surface area contributed by atoms with Crippen LogP contribution in [0.3, 0.4) is 0 Å². The van der Waals surface area contributed by atoms with E-state index in [1.807, 2.05) is 0 Å². The van der Waals surface area contributed by atoms with E-state index in [2.05, 4.69) is 26.1 Å². The van der Waals surface area contributed by atoms with Crippen LogP contribution in [0.15, 0.2) is 0 Å². The number of carbonyl (C=O) groups is 2. The maximum atomic E-state index is 12.8. The van der Waals surface area contributed by atoms with Crippen molar-refractivity contribution in [3.8, 4) is 0 Å². The Morgan fingerprint density at radius 2 is 1.00 bits per heavy atom. The maximum Gasteiger partial charge on any atom is 0.235 e. The molecule has 0 unspecified atom stereocenters. The molecule has 0 saturated carbocycles. The van der Waals surface area contributed by atoms with Crippen molar-refractivity contribution >= 4 is 11.8 Å². The molecular weight excluding hydrogens is 360 g/mol. The molecule has 0 aromatic carbocycles. The quantitative estimate of drug-likeness (QED) is 0.164. The van der Waals surface area contributed by atoms with Gasteiger partial charge in [-0.15, -0.1) is 0 Å². The van der Waals surface area contributed by atoms with Gasteiger partial charge in [-0.3, -0.25) is 9.59 Å². The minimum atomic E-state index is -1.01. The summed E-state index contributed by atoms with van der Waals surface area (Å²) >= 11 is 0. The van der Waals surface area contributed by atoms with Crippen LogP contribution in [-0.2, 0) is 9.59 Å². The van der Waals surface area contributed by atoms with Crippen LogP contribution in [0.2, 0.25) is 0 Å². The van der Waals surface area contributed by atoms with Crippen molar-refractivity contribution in [2.45, 2.75) is 136 Å². The molecular formula is C25H50N2O2. The largest absolute Gasteiger partial charge is 0.369 e. The Labute approximate surface area is 181 Å². The fourth-order valence-corrected chi connectivity index (χ4v) is 4.00. The summed E-state index contributed by atoms with van der Waals surface area (Å²) in [5.74, 6) is -0.596. The lowest BCUT2D eigenvalue weighted by Gasteiger charge is -2.29. The second kappa shape index (κ2) is 18.9. The molecule has 29 heavy (non-hydrogen) atoms. The predicted molar refractivity (Wildman–Crippen MR) is 125 cm³/mol. The van der Waals surface area contributed by atoms with E-state index in [1.54, 1.807) is 0 Å². The van der Waals surface area contributed by atoms with Crippen molar-refractivity contribution in [1.29, 1.82) is 0 Å². The average Bonchev–Trinajstić information content (AvgIpc) is 2.71. The van der Waals surface area contributed by atoms with Gasteiger partial charge in [-0.2, -0.15) is 0 Å². The molecule has 0 atom stereocenters. The van der Waals surface area contributed by atoms with Crippen molar-refractivity contribution in [2.24, 2.45) is 11.1 Å². The van der Waals surface area contributed by atoms with E-state index in [4.69, 9.17) is 5.73 Å². The van der Waals surface area contributed by atoms with E-state index in [9.17, 15) is 9.59 Å². The van der Waals surface area contributed by atoms with E-state index < -0.39 is 11.3 Å². The molecule has 4 nitrogen and oxygen atoms in total. The zero-order chi connectivity index (χ0) is 21.8. The van der Waals surface area contributed by atoms with Crippen LogP contribution < -0.4 is 11.1 Å². The molecule has 0 aliphatic carbocycles. The van der Waals surface area contributed by atoms with Crippen LogP contribution in [0.5, 0.6) is 0 Å². The third kappa shape index (κ3) is 13.0. The van der Waals surface area contributed by atoms with Crippen molar-refractivity contribution in [3.05, 3.63) is 0 Å². The minimum absolute atomic E-state index is 0.144. The molecule has 0 radical (unpaired) electrons. The van der Waals surface area contributed by atoms with Gasteiger partial charge in [-0.1, -0.05) is 117 Å². The van der Waals surface area contributed by atoms with E-state index >= 15 is 0 Å². The number of hydrogen-bond donors (Lipinski definition) is 2. The standard InChI is InChI=1S/C25H50N2O2/c1-4-7-10-11-12-13-14-15-16-17-18-19-22-27-24(29)25(23(26)28,20-8-5-2)21-9-6-3/h4-22H2,1-3H3,(H2,26,28)(H,27,29). The molecule has 0 aromatic heterocycles. The first-order valence-electron chi connectivity index (χ1n) is 12.6. The number of amides is 2. The first kappa shape index (κ1) is 27.9. The van der Waals surface area contributed by atoms with E-state index in [0.717, 1.165) is 38.5 Å². The zero-order valence-electron chi connectivity index (χ0n) is 19.8. The van der Waals surface area contributed by atoms with Crippen LogP contribution in [0, 0.1) is 5.41 Å². The van der Waals surface area contributed by atoms with Crippen molar-refractivity contribution in [2.75, 3.05) is 6.54 Å². The summed E-state index contributed by atoms with van der Waals surface area (Å²) in [5, 5.41) is 3.02. The summed E-state index contributed by atoms with van der Waals surface area (Å²) < 4.78 is 0. The monoisotopic (exact) mass is 410 g/mol. The molecule has 0 heterocycles. The number of nitrogens with one attached hydrogen (secondary N) is 1. The van der Waals surface area contributed by atoms with Gasteiger partial charge in [-0.25, -0.2) is 0 Å². The molecule has 0 aromatic rings. The third-order valence-electron chi connectivity index (χ3n) is 6.14. The topological polar surface area (TPSA) is 72.2 Å². The fraction of sp³-hybridized carbons (Fsp3) is 0.920. The van der Waals surface area contributed by atoms with Crippen LogP contribution in [0.1, 0.15) is 136 Å². The van der Waals surface area contributed by atoms with Gasteiger partial charge >= 0.3 is 0 Å².